The number of amides is 4. The van der Waals surface area contributed by atoms with Crippen LogP contribution >= 0.6 is 15.9 Å². The minimum atomic E-state index is -0.768. The number of halogens is 1. The van der Waals surface area contributed by atoms with Gasteiger partial charge in [-0.3, -0.25) is 14.9 Å². The molecule has 3 rings (SSSR count). The molecule has 0 spiro atoms. The molecule has 2 aromatic rings. The first-order valence-corrected chi connectivity index (χ1v) is 10.6. The molecule has 0 saturated carbocycles. The molecule has 1 aliphatic rings. The third kappa shape index (κ3) is 4.61. The molecule has 1 aliphatic heterocycles. The number of urea groups is 1. The molecule has 0 aromatic heterocycles. The number of allylic oxidation sites excluding steroid dienone is 1. The Morgan fingerprint density at radius 3 is 2.52 bits per heavy atom. The summed E-state index contributed by atoms with van der Waals surface area (Å²) in [5.74, 6) is -0.714. The molecule has 0 radical (unpaired) electrons. The largest absolute Gasteiger partial charge is 0.492 e. The van der Waals surface area contributed by atoms with E-state index in [4.69, 9.17) is 4.74 Å². The van der Waals surface area contributed by atoms with Crippen molar-refractivity contribution in [3.05, 3.63) is 75.3 Å². The van der Waals surface area contributed by atoms with E-state index in [9.17, 15) is 14.4 Å². The normalized spacial score (nSPS) is 15.3. The Labute approximate surface area is 189 Å². The van der Waals surface area contributed by atoms with E-state index in [-0.39, 0.29) is 5.57 Å². The van der Waals surface area contributed by atoms with Crippen LogP contribution in [0.3, 0.4) is 0 Å². The second kappa shape index (κ2) is 9.31. The molecule has 0 aliphatic carbocycles. The van der Waals surface area contributed by atoms with Gasteiger partial charge >= 0.3 is 6.03 Å². The fourth-order valence-corrected chi connectivity index (χ4v) is 3.93. The first-order chi connectivity index (χ1) is 14.8. The summed E-state index contributed by atoms with van der Waals surface area (Å²) in [5.41, 5.74) is 3.74. The minimum Gasteiger partial charge on any atom is -0.492 e. The van der Waals surface area contributed by atoms with Crippen LogP contribution in [-0.2, 0) is 16.0 Å². The summed E-state index contributed by atoms with van der Waals surface area (Å²) < 4.78 is 6.40. The maximum atomic E-state index is 13.1. The molecule has 1 saturated heterocycles. The molecule has 4 amide bonds. The second-order valence-electron chi connectivity index (χ2n) is 7.14. The molecular weight excluding hydrogens is 460 g/mol. The zero-order valence-corrected chi connectivity index (χ0v) is 19.2. The Bertz CT molecular complexity index is 1120. The summed E-state index contributed by atoms with van der Waals surface area (Å²) in [4.78, 5) is 39.0. The lowest BCUT2D eigenvalue weighted by Gasteiger charge is -2.27. The van der Waals surface area contributed by atoms with E-state index in [1.807, 2.05) is 32.9 Å². The number of aryl methyl sites for hydroxylation is 2. The summed E-state index contributed by atoms with van der Waals surface area (Å²) in [7, 11) is 0. The monoisotopic (exact) mass is 482 g/mol. The predicted molar refractivity (Wildman–Crippen MR) is 124 cm³/mol. The molecule has 1 N–H and O–H groups in total. The highest BCUT2D eigenvalue weighted by Crippen LogP contribution is 2.33. The Balaban J connectivity index is 2.05. The van der Waals surface area contributed by atoms with Gasteiger partial charge in [-0.05, 0) is 95.7 Å². The van der Waals surface area contributed by atoms with Crippen molar-refractivity contribution in [2.45, 2.75) is 27.2 Å². The molecule has 6 nitrogen and oxygen atoms in total. The summed E-state index contributed by atoms with van der Waals surface area (Å²) >= 11 is 3.50. The maximum Gasteiger partial charge on any atom is 0.335 e. The standard InChI is InChI=1S/C24H23BrN2O4/c1-5-7-17-11-16(13-20(25)21(17)31-6-2)12-19-22(28)26-24(30)27(23(19)29)18-9-8-14(3)15(4)10-18/h5,8-13H,1,6-7H2,2-4H3,(H,26,28,30)/b19-12+. The fourth-order valence-electron chi connectivity index (χ4n) is 3.29. The summed E-state index contributed by atoms with van der Waals surface area (Å²) in [6.07, 6.45) is 3.78. The van der Waals surface area contributed by atoms with Crippen LogP contribution in [0.15, 0.2) is 53.0 Å². The van der Waals surface area contributed by atoms with Crippen molar-refractivity contribution >= 4 is 45.5 Å². The number of barbiturate groups is 1. The van der Waals surface area contributed by atoms with Gasteiger partial charge in [-0.15, -0.1) is 6.58 Å². The van der Waals surface area contributed by atoms with Crippen molar-refractivity contribution in [3.8, 4) is 5.75 Å². The topological polar surface area (TPSA) is 75.7 Å². The molecule has 7 heteroatoms. The Hall–Kier alpha value is -3.19. The lowest BCUT2D eigenvalue weighted by molar-refractivity contribution is -0.122. The first-order valence-electron chi connectivity index (χ1n) is 9.81. The zero-order chi connectivity index (χ0) is 22.7. The average Bonchev–Trinajstić information content (AvgIpc) is 2.70. The van der Waals surface area contributed by atoms with Gasteiger partial charge in [0.15, 0.2) is 0 Å². The van der Waals surface area contributed by atoms with Crippen molar-refractivity contribution < 1.29 is 19.1 Å². The average molecular weight is 483 g/mol. The zero-order valence-electron chi connectivity index (χ0n) is 17.6. The highest BCUT2D eigenvalue weighted by Gasteiger charge is 2.37. The Kier molecular flexibility index (Phi) is 6.75. The van der Waals surface area contributed by atoms with E-state index in [0.29, 0.717) is 34.5 Å². The van der Waals surface area contributed by atoms with Gasteiger partial charge in [-0.1, -0.05) is 12.1 Å². The van der Waals surface area contributed by atoms with E-state index >= 15 is 0 Å². The van der Waals surface area contributed by atoms with Crippen LogP contribution < -0.4 is 15.0 Å². The number of rotatable bonds is 6. The van der Waals surface area contributed by atoms with Crippen LogP contribution in [0.5, 0.6) is 5.75 Å². The highest BCUT2D eigenvalue weighted by atomic mass is 79.9. The quantitative estimate of drug-likeness (QED) is 0.362. The number of hydrogen-bond acceptors (Lipinski definition) is 4. The Morgan fingerprint density at radius 1 is 1.13 bits per heavy atom. The molecule has 1 fully saturated rings. The van der Waals surface area contributed by atoms with E-state index in [1.54, 1.807) is 24.3 Å². The molecule has 0 unspecified atom stereocenters. The smallest absolute Gasteiger partial charge is 0.335 e. The van der Waals surface area contributed by atoms with Gasteiger partial charge in [0.1, 0.15) is 11.3 Å². The van der Waals surface area contributed by atoms with E-state index in [1.165, 1.54) is 6.08 Å². The van der Waals surface area contributed by atoms with Gasteiger partial charge in [-0.2, -0.15) is 0 Å². The van der Waals surface area contributed by atoms with Crippen molar-refractivity contribution in [3.63, 3.8) is 0 Å². The number of ether oxygens (including phenoxy) is 1. The molecule has 160 valence electrons. The molecule has 0 bridgehead atoms. The fraction of sp³-hybridized carbons (Fsp3) is 0.208. The maximum absolute atomic E-state index is 13.1. The van der Waals surface area contributed by atoms with Gasteiger partial charge < -0.3 is 4.74 Å². The van der Waals surface area contributed by atoms with Gasteiger partial charge in [0, 0.05) is 0 Å². The number of nitrogens with one attached hydrogen (secondary N) is 1. The van der Waals surface area contributed by atoms with Crippen LogP contribution in [0, 0.1) is 13.8 Å². The number of nitrogens with zero attached hydrogens (tertiary/aromatic N) is 1. The lowest BCUT2D eigenvalue weighted by atomic mass is 10.0. The van der Waals surface area contributed by atoms with Crippen molar-refractivity contribution in [1.29, 1.82) is 0 Å². The van der Waals surface area contributed by atoms with Crippen LogP contribution in [0.1, 0.15) is 29.2 Å². The van der Waals surface area contributed by atoms with Crippen molar-refractivity contribution in [1.82, 2.24) is 5.32 Å². The van der Waals surface area contributed by atoms with E-state index < -0.39 is 17.8 Å². The van der Waals surface area contributed by atoms with Crippen molar-refractivity contribution in [2.24, 2.45) is 0 Å². The van der Waals surface area contributed by atoms with Crippen molar-refractivity contribution in [2.75, 3.05) is 11.5 Å². The molecule has 31 heavy (non-hydrogen) atoms. The third-order valence-corrected chi connectivity index (χ3v) is 5.55. The van der Waals surface area contributed by atoms with Crippen LogP contribution in [0.25, 0.3) is 6.08 Å². The molecular formula is C24H23BrN2O4. The lowest BCUT2D eigenvalue weighted by Crippen LogP contribution is -2.54. The van der Waals surface area contributed by atoms with E-state index in [0.717, 1.165) is 21.6 Å². The number of benzene rings is 2. The molecule has 1 heterocycles. The summed E-state index contributed by atoms with van der Waals surface area (Å²) in [5, 5.41) is 2.26. The van der Waals surface area contributed by atoms with Gasteiger partial charge in [0.25, 0.3) is 11.8 Å². The number of anilines is 1. The molecule has 0 atom stereocenters. The van der Waals surface area contributed by atoms with Crippen LogP contribution in [-0.4, -0.2) is 24.5 Å². The van der Waals surface area contributed by atoms with E-state index in [2.05, 4.69) is 27.8 Å². The van der Waals surface area contributed by atoms with Gasteiger partial charge in [0.05, 0.1) is 16.8 Å². The number of imide groups is 2. The molecule has 2 aromatic carbocycles. The minimum absolute atomic E-state index is 0.126. The van der Waals surface area contributed by atoms with Crippen LogP contribution in [0.4, 0.5) is 10.5 Å². The third-order valence-electron chi connectivity index (χ3n) is 4.96. The second-order valence-corrected chi connectivity index (χ2v) is 8.00. The highest BCUT2D eigenvalue weighted by molar-refractivity contribution is 9.10. The first kappa shape index (κ1) is 22.5. The van der Waals surface area contributed by atoms with Gasteiger partial charge in [-0.25, -0.2) is 9.69 Å². The SMILES string of the molecule is C=CCc1cc(/C=C2\C(=O)NC(=O)N(c3ccc(C)c(C)c3)C2=O)cc(Br)c1OCC. The number of hydrogen-bond donors (Lipinski definition) is 1. The summed E-state index contributed by atoms with van der Waals surface area (Å²) in [6.45, 7) is 10.00. The number of carbonyl (C=O) groups is 3. The number of carbonyl (C=O) groups excluding carboxylic acids is 3. The summed E-state index contributed by atoms with van der Waals surface area (Å²) in [6, 6.07) is 8.09. The Morgan fingerprint density at radius 2 is 1.87 bits per heavy atom. The predicted octanol–water partition coefficient (Wildman–Crippen LogP) is 4.86. The van der Waals surface area contributed by atoms with Crippen LogP contribution in [0.2, 0.25) is 0 Å². The van der Waals surface area contributed by atoms with Gasteiger partial charge in [0.2, 0.25) is 0 Å².